The quantitative estimate of drug-likeness (QED) is 0.239. The van der Waals surface area contributed by atoms with Gasteiger partial charge in [0.05, 0.1) is 10.0 Å². The molecule has 0 heterocycles. The highest BCUT2D eigenvalue weighted by molar-refractivity contribution is 7.87. The smallest absolute Gasteiger partial charge is 0.283 e. The Hall–Kier alpha value is -1.67. The van der Waals surface area contributed by atoms with Crippen LogP contribution in [0.4, 0.5) is 0 Å². The second-order valence-electron chi connectivity index (χ2n) is 6.09. The van der Waals surface area contributed by atoms with Gasteiger partial charge in [0.15, 0.2) is 4.75 Å². The fraction of sp³-hybridized carbons (Fsp3) is 0.0526. The highest BCUT2D eigenvalue weighted by Crippen LogP contribution is 2.52. The van der Waals surface area contributed by atoms with Gasteiger partial charge in [-0.15, -0.1) is 0 Å². The van der Waals surface area contributed by atoms with Gasteiger partial charge in [-0.05, 0) is 35.9 Å². The normalized spacial score (nSPS) is 13.8. The van der Waals surface area contributed by atoms with E-state index in [0.29, 0.717) is 0 Å². The minimum absolute atomic E-state index is 0.0319. The van der Waals surface area contributed by atoms with Gasteiger partial charge >= 0.3 is 0 Å². The van der Waals surface area contributed by atoms with Gasteiger partial charge < -0.3 is 10.2 Å². The predicted molar refractivity (Wildman–Crippen MR) is 114 cm³/mol. The molecule has 0 fully saturated rings. The number of halogens is 4. The maximum Gasteiger partial charge on any atom is 0.283 e. The molecule has 1 unspecified atom stereocenters. The number of aromatic hydroxyl groups is 2. The van der Waals surface area contributed by atoms with Crippen LogP contribution in [0.3, 0.4) is 0 Å². The summed E-state index contributed by atoms with van der Waals surface area (Å²) < 4.78 is 34.0. The van der Waals surface area contributed by atoms with E-state index in [1.165, 1.54) is 30.3 Å². The molecule has 1 atom stereocenters. The SMILES string of the molecule is O=S(=O)(O)C(c1cc(O)cc(O)c1)(c1ccccc1Cl)c1c(Cl)ccc(Cl)c1Cl. The average Bonchev–Trinajstić information content (AvgIpc) is 2.61. The zero-order valence-electron chi connectivity index (χ0n) is 14.3. The molecule has 0 radical (unpaired) electrons. The first-order chi connectivity index (χ1) is 13.5. The average molecular weight is 494 g/mol. The lowest BCUT2D eigenvalue weighted by Gasteiger charge is -2.34. The lowest BCUT2D eigenvalue weighted by molar-refractivity contribution is 0.444. The van der Waals surface area contributed by atoms with E-state index in [2.05, 4.69) is 0 Å². The van der Waals surface area contributed by atoms with Gasteiger partial charge in [-0.1, -0.05) is 64.6 Å². The van der Waals surface area contributed by atoms with Crippen LogP contribution >= 0.6 is 46.4 Å². The van der Waals surface area contributed by atoms with E-state index in [9.17, 15) is 23.2 Å². The summed E-state index contributed by atoms with van der Waals surface area (Å²) in [6, 6.07) is 11.6. The Kier molecular flexibility index (Phi) is 5.98. The van der Waals surface area contributed by atoms with E-state index >= 15 is 0 Å². The molecule has 0 aliphatic heterocycles. The van der Waals surface area contributed by atoms with Crippen molar-refractivity contribution >= 4 is 56.5 Å². The fourth-order valence-corrected chi connectivity index (χ4v) is 5.85. The van der Waals surface area contributed by atoms with Crippen LogP contribution in [-0.4, -0.2) is 23.2 Å². The minimum atomic E-state index is -5.14. The molecular formula is C19H12Cl4O5S. The maximum absolute atomic E-state index is 13.0. The number of hydrogen-bond acceptors (Lipinski definition) is 4. The molecule has 3 aromatic rings. The summed E-state index contributed by atoms with van der Waals surface area (Å²) in [5, 5.41) is 19.6. The van der Waals surface area contributed by atoms with Crippen LogP contribution in [-0.2, 0) is 14.9 Å². The number of rotatable bonds is 4. The van der Waals surface area contributed by atoms with Crippen molar-refractivity contribution in [3.05, 3.63) is 91.4 Å². The first-order valence-corrected chi connectivity index (χ1v) is 10.8. The minimum Gasteiger partial charge on any atom is -0.508 e. The van der Waals surface area contributed by atoms with Crippen LogP contribution in [0.5, 0.6) is 11.5 Å². The molecule has 0 aliphatic carbocycles. The summed E-state index contributed by atoms with van der Waals surface area (Å²) in [7, 11) is -5.14. The van der Waals surface area contributed by atoms with Crippen molar-refractivity contribution in [2.45, 2.75) is 4.75 Å². The third-order valence-electron chi connectivity index (χ3n) is 4.35. The lowest BCUT2D eigenvalue weighted by Crippen LogP contribution is -2.39. The molecule has 0 aliphatic rings. The molecule has 152 valence electrons. The van der Waals surface area contributed by atoms with Gasteiger partial charge in [-0.3, -0.25) is 4.55 Å². The summed E-state index contributed by atoms with van der Waals surface area (Å²) >= 11 is 25.1. The van der Waals surface area contributed by atoms with Crippen LogP contribution in [0.25, 0.3) is 0 Å². The number of hydrogen-bond donors (Lipinski definition) is 3. The summed E-state index contributed by atoms with van der Waals surface area (Å²) in [5.74, 6) is -0.927. The number of benzene rings is 3. The topological polar surface area (TPSA) is 94.8 Å². The van der Waals surface area contributed by atoms with Crippen molar-refractivity contribution < 1.29 is 23.2 Å². The monoisotopic (exact) mass is 492 g/mol. The summed E-state index contributed by atoms with van der Waals surface area (Å²) in [5.41, 5.74) is -0.647. The van der Waals surface area contributed by atoms with Crippen LogP contribution in [0, 0.1) is 0 Å². The zero-order chi connectivity index (χ0) is 21.6. The highest BCUT2D eigenvalue weighted by atomic mass is 35.5. The molecule has 0 amide bonds. The standard InChI is InChI=1S/C19H12Cl4O5S/c20-14-4-2-1-3-13(14)19(29(26,27)28,10-7-11(24)9-12(25)8-10)17-15(21)5-6-16(22)18(17)23/h1-9,24-25H,(H,26,27,28). The molecular weight excluding hydrogens is 482 g/mol. The molecule has 3 aromatic carbocycles. The van der Waals surface area contributed by atoms with Crippen molar-refractivity contribution in [1.82, 2.24) is 0 Å². The van der Waals surface area contributed by atoms with E-state index < -0.39 is 26.4 Å². The van der Waals surface area contributed by atoms with Crippen LogP contribution < -0.4 is 0 Å². The molecule has 0 saturated heterocycles. The molecule has 0 bridgehead atoms. The number of phenolic OH excluding ortho intramolecular Hbond substituents is 2. The van der Waals surface area contributed by atoms with Crippen molar-refractivity contribution in [2.75, 3.05) is 0 Å². The number of phenols is 2. The van der Waals surface area contributed by atoms with Gasteiger partial charge in [0.1, 0.15) is 11.5 Å². The first-order valence-electron chi connectivity index (χ1n) is 7.89. The molecule has 0 saturated carbocycles. The van der Waals surface area contributed by atoms with E-state index in [4.69, 9.17) is 46.4 Å². The van der Waals surface area contributed by atoms with Gasteiger partial charge in [-0.2, -0.15) is 8.42 Å². The summed E-state index contributed by atoms with van der Waals surface area (Å²) in [6.45, 7) is 0. The lowest BCUT2D eigenvalue weighted by atomic mass is 9.83. The van der Waals surface area contributed by atoms with Crippen LogP contribution in [0.1, 0.15) is 16.7 Å². The molecule has 0 spiro atoms. The maximum atomic E-state index is 13.0. The van der Waals surface area contributed by atoms with Gasteiger partial charge in [0, 0.05) is 27.2 Å². The van der Waals surface area contributed by atoms with E-state index in [1.54, 1.807) is 6.07 Å². The molecule has 5 nitrogen and oxygen atoms in total. The predicted octanol–water partition coefficient (Wildman–Crippen LogP) is 5.89. The second kappa shape index (κ2) is 7.87. The molecule has 3 N–H and O–H groups in total. The van der Waals surface area contributed by atoms with Gasteiger partial charge in [0.25, 0.3) is 10.1 Å². The summed E-state index contributed by atoms with van der Waals surface area (Å²) in [4.78, 5) is 0. The summed E-state index contributed by atoms with van der Waals surface area (Å²) in [6.07, 6.45) is 0. The third kappa shape index (κ3) is 3.65. The van der Waals surface area contributed by atoms with Crippen LogP contribution in [0.2, 0.25) is 20.1 Å². The van der Waals surface area contributed by atoms with E-state index in [1.807, 2.05) is 0 Å². The fourth-order valence-electron chi connectivity index (χ4n) is 3.25. The zero-order valence-corrected chi connectivity index (χ0v) is 18.1. The van der Waals surface area contributed by atoms with Crippen molar-refractivity contribution in [3.8, 4) is 11.5 Å². The Labute approximate surface area is 186 Å². The third-order valence-corrected chi connectivity index (χ3v) is 7.23. The molecule has 0 aromatic heterocycles. The molecule has 3 rings (SSSR count). The molecule has 10 heteroatoms. The Morgan fingerprint density at radius 2 is 1.31 bits per heavy atom. The highest BCUT2D eigenvalue weighted by Gasteiger charge is 2.52. The van der Waals surface area contributed by atoms with Crippen LogP contribution in [0.15, 0.2) is 54.6 Å². The molecule has 29 heavy (non-hydrogen) atoms. The van der Waals surface area contributed by atoms with Crippen molar-refractivity contribution in [2.24, 2.45) is 0 Å². The Balaban J connectivity index is 2.68. The second-order valence-corrected chi connectivity index (χ2v) is 9.25. The Morgan fingerprint density at radius 3 is 1.86 bits per heavy atom. The van der Waals surface area contributed by atoms with Gasteiger partial charge in [-0.25, -0.2) is 0 Å². The van der Waals surface area contributed by atoms with Crippen molar-refractivity contribution in [1.29, 1.82) is 0 Å². The first kappa shape index (κ1) is 22.0. The Morgan fingerprint density at radius 1 is 0.759 bits per heavy atom. The van der Waals surface area contributed by atoms with Gasteiger partial charge in [0.2, 0.25) is 0 Å². The van der Waals surface area contributed by atoms with E-state index in [0.717, 1.165) is 18.2 Å². The van der Waals surface area contributed by atoms with Crippen molar-refractivity contribution in [3.63, 3.8) is 0 Å². The van der Waals surface area contributed by atoms with E-state index in [-0.39, 0.29) is 36.8 Å². The largest absolute Gasteiger partial charge is 0.508 e. The Bertz CT molecular complexity index is 1190.